The summed E-state index contributed by atoms with van der Waals surface area (Å²) in [5, 5.41) is 15.5. The lowest BCUT2D eigenvalue weighted by molar-refractivity contribution is -0.139. The minimum absolute atomic E-state index is 0.215. The molecule has 1 aliphatic heterocycles. The Morgan fingerprint density at radius 3 is 2.77 bits per heavy atom. The number of allylic oxidation sites excluding steroid dienone is 1. The molecule has 0 radical (unpaired) electrons. The zero-order chi connectivity index (χ0) is 15.9. The number of esters is 1. The third kappa shape index (κ3) is 4.29. The topological polar surface area (TPSA) is 70.6 Å². The molecule has 0 saturated carbocycles. The number of thiocarbonyl (C=S) groups is 1. The molecular weight excluding hydrogens is 300 g/mol. The first-order chi connectivity index (χ1) is 10.6. The van der Waals surface area contributed by atoms with Gasteiger partial charge in [0.2, 0.25) is 0 Å². The average molecular weight is 320 g/mol. The number of hydrogen-bond donors (Lipinski definition) is 3. The number of hydrogen-bond acceptors (Lipinski definition) is 4. The predicted octanol–water partition coefficient (Wildman–Crippen LogP) is 1.27. The van der Waals surface area contributed by atoms with E-state index in [4.69, 9.17) is 17.0 Å². The SMILES string of the molecule is CC1=C(C(=O)OCCCc2ccccc2)C(CO)NC(=S)N1. The molecule has 6 heteroatoms. The van der Waals surface area contributed by atoms with E-state index in [1.165, 1.54) is 5.56 Å². The highest BCUT2D eigenvalue weighted by Gasteiger charge is 2.28. The van der Waals surface area contributed by atoms with Gasteiger partial charge in [-0.3, -0.25) is 0 Å². The van der Waals surface area contributed by atoms with E-state index in [1.807, 2.05) is 30.3 Å². The molecule has 1 atom stereocenters. The quantitative estimate of drug-likeness (QED) is 0.417. The summed E-state index contributed by atoms with van der Waals surface area (Å²) in [5.74, 6) is -0.424. The summed E-state index contributed by atoms with van der Waals surface area (Å²) in [7, 11) is 0. The summed E-state index contributed by atoms with van der Waals surface area (Å²) >= 11 is 5.01. The second kappa shape index (κ2) is 7.91. The Balaban J connectivity index is 1.86. The lowest BCUT2D eigenvalue weighted by atomic mass is 10.0. The van der Waals surface area contributed by atoms with Gasteiger partial charge in [0.05, 0.1) is 24.8 Å². The Hall–Kier alpha value is -1.92. The summed E-state index contributed by atoms with van der Waals surface area (Å²) in [6, 6.07) is 9.53. The van der Waals surface area contributed by atoms with Crippen molar-refractivity contribution < 1.29 is 14.6 Å². The van der Waals surface area contributed by atoms with Crippen LogP contribution in [0.25, 0.3) is 0 Å². The van der Waals surface area contributed by atoms with E-state index >= 15 is 0 Å². The third-order valence-electron chi connectivity index (χ3n) is 3.45. The first-order valence-electron chi connectivity index (χ1n) is 7.22. The molecule has 5 nitrogen and oxygen atoms in total. The Bertz CT molecular complexity index is 572. The van der Waals surface area contributed by atoms with Gasteiger partial charge in [-0.2, -0.15) is 0 Å². The van der Waals surface area contributed by atoms with Crippen LogP contribution in [-0.2, 0) is 16.0 Å². The highest BCUT2D eigenvalue weighted by Crippen LogP contribution is 2.14. The normalized spacial score (nSPS) is 17.7. The molecule has 0 fully saturated rings. The number of aliphatic hydroxyl groups excluding tert-OH is 1. The van der Waals surface area contributed by atoms with E-state index in [9.17, 15) is 9.90 Å². The number of ether oxygens (including phenoxy) is 1. The van der Waals surface area contributed by atoms with Crippen LogP contribution in [0.5, 0.6) is 0 Å². The molecule has 1 aromatic rings. The zero-order valence-electron chi connectivity index (χ0n) is 12.5. The summed E-state index contributed by atoms with van der Waals surface area (Å²) < 4.78 is 5.31. The van der Waals surface area contributed by atoms with Crippen LogP contribution in [0.1, 0.15) is 18.9 Å². The molecule has 1 aliphatic rings. The number of carbonyl (C=O) groups is 1. The number of aryl methyl sites for hydroxylation is 1. The maximum Gasteiger partial charge on any atom is 0.337 e. The second-order valence-corrected chi connectivity index (χ2v) is 5.51. The van der Waals surface area contributed by atoms with Crippen LogP contribution in [0, 0.1) is 0 Å². The summed E-state index contributed by atoms with van der Waals surface area (Å²) in [5.41, 5.74) is 2.24. The van der Waals surface area contributed by atoms with Crippen LogP contribution in [0.15, 0.2) is 41.6 Å². The van der Waals surface area contributed by atoms with Gasteiger partial charge >= 0.3 is 5.97 Å². The van der Waals surface area contributed by atoms with Gasteiger partial charge in [-0.25, -0.2) is 4.79 Å². The zero-order valence-corrected chi connectivity index (χ0v) is 13.3. The van der Waals surface area contributed by atoms with Crippen molar-refractivity contribution in [2.24, 2.45) is 0 Å². The fourth-order valence-corrected chi connectivity index (χ4v) is 2.66. The van der Waals surface area contributed by atoms with Crippen molar-refractivity contribution in [2.75, 3.05) is 13.2 Å². The van der Waals surface area contributed by atoms with Gasteiger partial charge in [-0.15, -0.1) is 0 Å². The van der Waals surface area contributed by atoms with Crippen LogP contribution in [0.3, 0.4) is 0 Å². The molecule has 2 rings (SSSR count). The summed E-state index contributed by atoms with van der Waals surface area (Å²) in [6.07, 6.45) is 1.61. The maximum atomic E-state index is 12.2. The van der Waals surface area contributed by atoms with E-state index in [-0.39, 0.29) is 6.61 Å². The van der Waals surface area contributed by atoms with Crippen molar-refractivity contribution in [3.05, 3.63) is 47.2 Å². The van der Waals surface area contributed by atoms with Crippen molar-refractivity contribution in [2.45, 2.75) is 25.8 Å². The van der Waals surface area contributed by atoms with Crippen molar-refractivity contribution in [3.8, 4) is 0 Å². The first kappa shape index (κ1) is 16.5. The van der Waals surface area contributed by atoms with E-state index in [0.717, 1.165) is 12.8 Å². The lowest BCUT2D eigenvalue weighted by Gasteiger charge is -2.28. The standard InChI is InChI=1S/C16H20N2O3S/c1-11-14(13(10-19)18-16(22)17-11)15(20)21-9-5-8-12-6-3-2-4-7-12/h2-4,6-7,13,19H,5,8-10H2,1H3,(H2,17,18,22). The van der Waals surface area contributed by atoms with Gasteiger partial charge in [-0.1, -0.05) is 30.3 Å². The fraction of sp³-hybridized carbons (Fsp3) is 0.375. The minimum Gasteiger partial charge on any atom is -0.462 e. The Labute approximate surface area is 135 Å². The highest BCUT2D eigenvalue weighted by atomic mass is 32.1. The summed E-state index contributed by atoms with van der Waals surface area (Å²) in [4.78, 5) is 12.2. The van der Waals surface area contributed by atoms with Crippen molar-refractivity contribution in [1.82, 2.24) is 10.6 Å². The largest absolute Gasteiger partial charge is 0.462 e. The van der Waals surface area contributed by atoms with Gasteiger partial charge in [0.1, 0.15) is 0 Å². The molecule has 118 valence electrons. The summed E-state index contributed by atoms with van der Waals surface area (Å²) in [6.45, 7) is 1.87. The Morgan fingerprint density at radius 2 is 2.09 bits per heavy atom. The second-order valence-electron chi connectivity index (χ2n) is 5.10. The molecule has 0 bridgehead atoms. The maximum absolute atomic E-state index is 12.2. The predicted molar refractivity (Wildman–Crippen MR) is 88.2 cm³/mol. The third-order valence-corrected chi connectivity index (χ3v) is 3.67. The molecular formula is C16H20N2O3S. The minimum atomic E-state index is -0.518. The molecule has 0 aliphatic carbocycles. The van der Waals surface area contributed by atoms with Crippen LogP contribution in [0.4, 0.5) is 0 Å². The number of benzene rings is 1. The molecule has 0 amide bonds. The van der Waals surface area contributed by atoms with Crippen molar-refractivity contribution in [1.29, 1.82) is 0 Å². The van der Waals surface area contributed by atoms with Crippen LogP contribution >= 0.6 is 12.2 Å². The highest BCUT2D eigenvalue weighted by molar-refractivity contribution is 7.80. The van der Waals surface area contributed by atoms with Gasteiger partial charge < -0.3 is 20.5 Å². The Kier molecular flexibility index (Phi) is 5.91. The van der Waals surface area contributed by atoms with Crippen LogP contribution in [-0.4, -0.2) is 35.4 Å². The molecule has 0 saturated heterocycles. The molecule has 1 aromatic carbocycles. The van der Waals surface area contributed by atoms with Gasteiger partial charge in [0.25, 0.3) is 0 Å². The Morgan fingerprint density at radius 1 is 1.36 bits per heavy atom. The first-order valence-corrected chi connectivity index (χ1v) is 7.63. The lowest BCUT2D eigenvalue weighted by Crippen LogP contribution is -2.51. The van der Waals surface area contributed by atoms with Crippen molar-refractivity contribution in [3.63, 3.8) is 0 Å². The number of rotatable bonds is 6. The fourth-order valence-electron chi connectivity index (χ4n) is 2.36. The van der Waals surface area contributed by atoms with Gasteiger partial charge in [0, 0.05) is 5.70 Å². The molecule has 0 aromatic heterocycles. The van der Waals surface area contributed by atoms with Crippen molar-refractivity contribution >= 4 is 23.3 Å². The molecule has 0 spiro atoms. The van der Waals surface area contributed by atoms with Crippen LogP contribution < -0.4 is 10.6 Å². The van der Waals surface area contributed by atoms with Gasteiger partial charge in [-0.05, 0) is 37.5 Å². The van der Waals surface area contributed by atoms with Gasteiger partial charge in [0.15, 0.2) is 5.11 Å². The number of carbonyl (C=O) groups excluding carboxylic acids is 1. The number of nitrogens with one attached hydrogen (secondary N) is 2. The average Bonchev–Trinajstić information content (AvgIpc) is 2.51. The molecule has 1 unspecified atom stereocenters. The monoisotopic (exact) mass is 320 g/mol. The van der Waals surface area contributed by atoms with E-state index < -0.39 is 12.0 Å². The van der Waals surface area contributed by atoms with E-state index in [1.54, 1.807) is 6.92 Å². The number of aliphatic hydroxyl groups is 1. The molecule has 3 N–H and O–H groups in total. The van der Waals surface area contributed by atoms with Crippen LogP contribution in [0.2, 0.25) is 0 Å². The van der Waals surface area contributed by atoms with E-state index in [0.29, 0.717) is 23.0 Å². The molecule has 1 heterocycles. The smallest absolute Gasteiger partial charge is 0.337 e. The van der Waals surface area contributed by atoms with E-state index in [2.05, 4.69) is 10.6 Å². The molecule has 22 heavy (non-hydrogen) atoms.